The first-order valence-corrected chi connectivity index (χ1v) is 9.23. The summed E-state index contributed by atoms with van der Waals surface area (Å²) in [5.41, 5.74) is 0.879. The number of Topliss-reactive ketones (excluding diaryl/α,β-unsaturated/α-hetero) is 1. The summed E-state index contributed by atoms with van der Waals surface area (Å²) in [6, 6.07) is 15.7. The number of fused-ring (bicyclic) bond motifs is 1. The Morgan fingerprint density at radius 3 is 2.68 bits per heavy atom. The molecule has 1 amide bonds. The summed E-state index contributed by atoms with van der Waals surface area (Å²) in [6.07, 6.45) is 0.958. The molecular formula is C22H18ClNO4. The number of ketones is 1. The van der Waals surface area contributed by atoms with Crippen molar-refractivity contribution < 1.29 is 19.1 Å². The summed E-state index contributed by atoms with van der Waals surface area (Å²) < 4.78 is 5.12. The van der Waals surface area contributed by atoms with Gasteiger partial charge >= 0.3 is 0 Å². The van der Waals surface area contributed by atoms with Gasteiger partial charge < -0.3 is 14.4 Å². The molecule has 2 aromatic carbocycles. The fourth-order valence-corrected chi connectivity index (χ4v) is 3.74. The highest BCUT2D eigenvalue weighted by atomic mass is 35.5. The number of amides is 1. The number of aliphatic hydroxyl groups is 1. The topological polar surface area (TPSA) is 70.8 Å². The maximum Gasteiger partial charge on any atom is 0.264 e. The predicted octanol–water partition coefficient (Wildman–Crippen LogP) is 4.25. The van der Waals surface area contributed by atoms with E-state index in [1.54, 1.807) is 24.3 Å². The summed E-state index contributed by atoms with van der Waals surface area (Å²) in [4.78, 5) is 27.3. The van der Waals surface area contributed by atoms with Crippen LogP contribution in [0.3, 0.4) is 0 Å². The number of halogens is 1. The molecule has 3 aromatic rings. The zero-order chi connectivity index (χ0) is 19.9. The van der Waals surface area contributed by atoms with Gasteiger partial charge in [-0.05, 0) is 48.4 Å². The fraction of sp³-hybridized carbons (Fsp3) is 0.182. The molecule has 0 unspecified atom stereocenters. The van der Waals surface area contributed by atoms with Crippen molar-refractivity contribution in [1.29, 1.82) is 0 Å². The Hall–Kier alpha value is -2.89. The van der Waals surface area contributed by atoms with Crippen LogP contribution in [-0.2, 0) is 16.9 Å². The quantitative estimate of drug-likeness (QED) is 0.655. The molecule has 5 nitrogen and oxygen atoms in total. The molecule has 1 N–H and O–H groups in total. The molecule has 0 spiro atoms. The number of anilines is 1. The standard InChI is InChI=1S/C22H18ClNO4/c1-14-5-2-3-6-15(14)13-24-18-9-8-16(23)11-17(18)22(27,21(24)26)12-19(25)20-7-4-10-28-20/h2-11,27H,12-13H2,1H3/t22-/m0/s1. The van der Waals surface area contributed by atoms with Crippen molar-refractivity contribution in [2.75, 3.05) is 4.90 Å². The predicted molar refractivity (Wildman–Crippen MR) is 105 cm³/mol. The van der Waals surface area contributed by atoms with Crippen molar-refractivity contribution in [2.45, 2.75) is 25.5 Å². The first kappa shape index (κ1) is 18.5. The summed E-state index contributed by atoms with van der Waals surface area (Å²) in [6.45, 7) is 2.25. The number of furan rings is 1. The first-order chi connectivity index (χ1) is 13.4. The average Bonchev–Trinajstić information content (AvgIpc) is 3.27. The van der Waals surface area contributed by atoms with Gasteiger partial charge in [-0.25, -0.2) is 0 Å². The minimum absolute atomic E-state index is 0.0992. The van der Waals surface area contributed by atoms with Crippen LogP contribution in [0.5, 0.6) is 0 Å². The van der Waals surface area contributed by atoms with Gasteiger partial charge in [0.15, 0.2) is 11.4 Å². The van der Waals surface area contributed by atoms with Gasteiger partial charge in [-0.3, -0.25) is 9.59 Å². The lowest BCUT2D eigenvalue weighted by Gasteiger charge is -2.23. The van der Waals surface area contributed by atoms with Crippen molar-refractivity contribution in [3.05, 3.63) is 88.3 Å². The van der Waals surface area contributed by atoms with Gasteiger partial charge in [0.1, 0.15) is 0 Å². The van der Waals surface area contributed by atoms with Crippen LogP contribution in [0.2, 0.25) is 5.02 Å². The number of rotatable bonds is 5. The van der Waals surface area contributed by atoms with Crippen LogP contribution in [0.25, 0.3) is 0 Å². The molecule has 142 valence electrons. The van der Waals surface area contributed by atoms with Crippen LogP contribution in [0, 0.1) is 6.92 Å². The minimum Gasteiger partial charge on any atom is -0.461 e. The molecule has 0 saturated carbocycles. The Kier molecular flexibility index (Phi) is 4.57. The largest absolute Gasteiger partial charge is 0.461 e. The number of carbonyl (C=O) groups excluding carboxylic acids is 2. The molecule has 0 bridgehead atoms. The number of hydrogen-bond donors (Lipinski definition) is 1. The number of aryl methyl sites for hydroxylation is 1. The van der Waals surface area contributed by atoms with Crippen LogP contribution in [-0.4, -0.2) is 16.8 Å². The molecule has 1 aromatic heterocycles. The second kappa shape index (κ2) is 6.93. The normalized spacial score (nSPS) is 18.4. The molecule has 0 fully saturated rings. The van der Waals surface area contributed by atoms with E-state index >= 15 is 0 Å². The van der Waals surface area contributed by atoms with E-state index in [9.17, 15) is 14.7 Å². The Labute approximate surface area is 167 Å². The van der Waals surface area contributed by atoms with E-state index < -0.39 is 23.7 Å². The molecule has 0 saturated heterocycles. The zero-order valence-corrected chi connectivity index (χ0v) is 15.9. The highest BCUT2D eigenvalue weighted by Gasteiger charge is 2.51. The van der Waals surface area contributed by atoms with Crippen molar-refractivity contribution in [3.8, 4) is 0 Å². The van der Waals surface area contributed by atoms with Gasteiger partial charge in [0.25, 0.3) is 5.91 Å². The third kappa shape index (κ3) is 3.03. The molecule has 28 heavy (non-hydrogen) atoms. The number of carbonyl (C=O) groups is 2. The molecule has 2 heterocycles. The van der Waals surface area contributed by atoms with E-state index in [2.05, 4.69) is 0 Å². The Morgan fingerprint density at radius 1 is 1.18 bits per heavy atom. The molecule has 1 aliphatic rings. The Bertz CT molecular complexity index is 1060. The fourth-order valence-electron chi connectivity index (χ4n) is 3.57. The number of nitrogens with zero attached hydrogens (tertiary/aromatic N) is 1. The monoisotopic (exact) mass is 395 g/mol. The van der Waals surface area contributed by atoms with Gasteiger partial charge in [0.05, 0.1) is 24.9 Å². The highest BCUT2D eigenvalue weighted by molar-refractivity contribution is 6.31. The van der Waals surface area contributed by atoms with Crippen LogP contribution in [0.15, 0.2) is 65.3 Å². The number of benzene rings is 2. The van der Waals surface area contributed by atoms with E-state index in [1.165, 1.54) is 17.2 Å². The van der Waals surface area contributed by atoms with E-state index in [0.29, 0.717) is 16.3 Å². The molecule has 6 heteroatoms. The lowest BCUT2D eigenvalue weighted by Crippen LogP contribution is -2.41. The van der Waals surface area contributed by atoms with E-state index in [-0.39, 0.29) is 12.3 Å². The van der Waals surface area contributed by atoms with Crippen LogP contribution >= 0.6 is 11.6 Å². The van der Waals surface area contributed by atoms with Gasteiger partial charge in [0.2, 0.25) is 5.78 Å². The smallest absolute Gasteiger partial charge is 0.264 e. The zero-order valence-electron chi connectivity index (χ0n) is 15.2. The molecule has 0 aliphatic carbocycles. The van der Waals surface area contributed by atoms with Gasteiger partial charge in [-0.15, -0.1) is 0 Å². The second-order valence-electron chi connectivity index (χ2n) is 6.92. The minimum atomic E-state index is -1.99. The summed E-state index contributed by atoms with van der Waals surface area (Å²) in [5.74, 6) is -0.903. The average molecular weight is 396 g/mol. The van der Waals surface area contributed by atoms with Gasteiger partial charge in [0, 0.05) is 10.6 Å². The Morgan fingerprint density at radius 2 is 1.96 bits per heavy atom. The number of hydrogen-bond acceptors (Lipinski definition) is 4. The van der Waals surface area contributed by atoms with Crippen molar-refractivity contribution in [3.63, 3.8) is 0 Å². The van der Waals surface area contributed by atoms with E-state index in [4.69, 9.17) is 16.0 Å². The van der Waals surface area contributed by atoms with Crippen molar-refractivity contribution in [2.24, 2.45) is 0 Å². The maximum absolute atomic E-state index is 13.3. The summed E-state index contributed by atoms with van der Waals surface area (Å²) in [7, 11) is 0. The lowest BCUT2D eigenvalue weighted by atomic mass is 9.89. The van der Waals surface area contributed by atoms with Crippen molar-refractivity contribution >= 4 is 29.0 Å². The molecule has 4 rings (SSSR count). The Balaban J connectivity index is 1.74. The van der Waals surface area contributed by atoms with Crippen LogP contribution in [0.4, 0.5) is 5.69 Å². The van der Waals surface area contributed by atoms with Gasteiger partial charge in [-0.2, -0.15) is 0 Å². The lowest BCUT2D eigenvalue weighted by molar-refractivity contribution is -0.136. The van der Waals surface area contributed by atoms with Crippen LogP contribution in [0.1, 0.15) is 33.7 Å². The summed E-state index contributed by atoms with van der Waals surface area (Å²) in [5, 5.41) is 11.7. The first-order valence-electron chi connectivity index (χ1n) is 8.86. The highest BCUT2D eigenvalue weighted by Crippen LogP contribution is 2.44. The third-order valence-electron chi connectivity index (χ3n) is 5.10. The molecular weight excluding hydrogens is 378 g/mol. The van der Waals surface area contributed by atoms with Gasteiger partial charge in [-0.1, -0.05) is 35.9 Å². The van der Waals surface area contributed by atoms with E-state index in [0.717, 1.165) is 11.1 Å². The van der Waals surface area contributed by atoms with Crippen molar-refractivity contribution in [1.82, 2.24) is 0 Å². The summed E-state index contributed by atoms with van der Waals surface area (Å²) >= 11 is 6.12. The molecule has 1 aliphatic heterocycles. The van der Waals surface area contributed by atoms with E-state index in [1.807, 2.05) is 31.2 Å². The van der Waals surface area contributed by atoms with Crippen LogP contribution < -0.4 is 4.90 Å². The molecule has 0 radical (unpaired) electrons. The third-order valence-corrected chi connectivity index (χ3v) is 5.33. The maximum atomic E-state index is 13.3. The second-order valence-corrected chi connectivity index (χ2v) is 7.35. The SMILES string of the molecule is Cc1ccccc1CN1C(=O)[C@](O)(CC(=O)c2ccco2)c2cc(Cl)ccc21. The molecule has 1 atom stereocenters.